The highest BCUT2D eigenvalue weighted by Gasteiger charge is 2.15. The summed E-state index contributed by atoms with van der Waals surface area (Å²) in [7, 11) is 4.03. The number of likely N-dealkylation sites (N-methyl/N-ethyl adjacent to an activating group) is 1. The lowest BCUT2D eigenvalue weighted by molar-refractivity contribution is 0.102. The second kappa shape index (κ2) is 9.16. The van der Waals surface area contributed by atoms with E-state index in [1.165, 1.54) is 11.8 Å². The van der Waals surface area contributed by atoms with Gasteiger partial charge in [-0.3, -0.25) is 9.48 Å². The molecule has 0 unspecified atom stereocenters. The summed E-state index contributed by atoms with van der Waals surface area (Å²) in [6.07, 6.45) is 3.55. The molecule has 27 heavy (non-hydrogen) atoms. The molecule has 0 spiro atoms. The zero-order chi connectivity index (χ0) is 19.2. The third kappa shape index (κ3) is 5.66. The Balaban J connectivity index is 1.70. The van der Waals surface area contributed by atoms with Crippen molar-refractivity contribution in [3.05, 3.63) is 64.9 Å². The maximum atomic E-state index is 12.7. The van der Waals surface area contributed by atoms with Gasteiger partial charge in [0, 0.05) is 34.4 Å². The Morgan fingerprint density at radius 1 is 1.22 bits per heavy atom. The lowest BCUT2D eigenvalue weighted by Crippen LogP contribution is -2.19. The first-order valence-electron chi connectivity index (χ1n) is 8.39. The van der Waals surface area contributed by atoms with Gasteiger partial charge in [0.15, 0.2) is 5.82 Å². The molecular formula is C19H20BrN5OS. The van der Waals surface area contributed by atoms with E-state index < -0.39 is 0 Å². The fraction of sp³-hybridized carbons (Fsp3) is 0.211. The van der Waals surface area contributed by atoms with Crippen molar-refractivity contribution in [3.8, 4) is 0 Å². The van der Waals surface area contributed by atoms with Crippen LogP contribution in [0, 0.1) is 0 Å². The molecule has 0 fully saturated rings. The van der Waals surface area contributed by atoms with Crippen LogP contribution in [-0.4, -0.2) is 46.2 Å². The molecule has 0 saturated heterocycles. The largest absolute Gasteiger partial charge is 0.308 e. The molecule has 140 valence electrons. The molecule has 0 bridgehead atoms. The standard InChI is InChI=1S/C19H20BrN5OS/c1-24(2)12-13-25-11-9-17(23-25)22-18(26)16-4-3-10-21-19(16)27-15-7-5-14(20)6-8-15/h3-11H,12-13H2,1-2H3,(H,22,23,26). The third-order valence-electron chi connectivity index (χ3n) is 3.70. The van der Waals surface area contributed by atoms with Crippen molar-refractivity contribution in [1.29, 1.82) is 0 Å². The average molecular weight is 446 g/mol. The Bertz CT molecular complexity index is 910. The minimum atomic E-state index is -0.222. The first-order chi connectivity index (χ1) is 13.0. The number of hydrogen-bond donors (Lipinski definition) is 1. The fourth-order valence-corrected chi connectivity index (χ4v) is 3.44. The smallest absolute Gasteiger partial charge is 0.259 e. The van der Waals surface area contributed by atoms with E-state index in [9.17, 15) is 4.79 Å². The number of rotatable bonds is 7. The highest BCUT2D eigenvalue weighted by Crippen LogP contribution is 2.29. The van der Waals surface area contributed by atoms with Crippen LogP contribution in [0.1, 0.15) is 10.4 Å². The van der Waals surface area contributed by atoms with E-state index >= 15 is 0 Å². The van der Waals surface area contributed by atoms with Crippen LogP contribution in [0.3, 0.4) is 0 Å². The zero-order valence-electron chi connectivity index (χ0n) is 15.1. The Morgan fingerprint density at radius 3 is 2.74 bits per heavy atom. The molecule has 8 heteroatoms. The van der Waals surface area contributed by atoms with Gasteiger partial charge >= 0.3 is 0 Å². The fourth-order valence-electron chi connectivity index (χ4n) is 2.30. The van der Waals surface area contributed by atoms with Gasteiger partial charge in [0.05, 0.1) is 12.1 Å². The number of hydrogen-bond acceptors (Lipinski definition) is 5. The number of carbonyl (C=O) groups is 1. The van der Waals surface area contributed by atoms with Crippen LogP contribution in [0.25, 0.3) is 0 Å². The molecular weight excluding hydrogens is 426 g/mol. The maximum absolute atomic E-state index is 12.7. The molecule has 0 radical (unpaired) electrons. The summed E-state index contributed by atoms with van der Waals surface area (Å²) in [5.41, 5.74) is 0.522. The minimum Gasteiger partial charge on any atom is -0.308 e. The van der Waals surface area contributed by atoms with Gasteiger partial charge in [-0.25, -0.2) is 4.98 Å². The normalized spacial score (nSPS) is 11.0. The molecule has 0 atom stereocenters. The van der Waals surface area contributed by atoms with Gasteiger partial charge in [-0.1, -0.05) is 27.7 Å². The first-order valence-corrected chi connectivity index (χ1v) is 10.0. The molecule has 0 aliphatic carbocycles. The summed E-state index contributed by atoms with van der Waals surface area (Å²) >= 11 is 4.88. The number of anilines is 1. The zero-order valence-corrected chi connectivity index (χ0v) is 17.5. The molecule has 0 saturated carbocycles. The molecule has 1 N–H and O–H groups in total. The number of halogens is 1. The highest BCUT2D eigenvalue weighted by atomic mass is 79.9. The summed E-state index contributed by atoms with van der Waals surface area (Å²) in [6.45, 7) is 1.64. The van der Waals surface area contributed by atoms with Gasteiger partial charge in [0.1, 0.15) is 5.03 Å². The maximum Gasteiger partial charge on any atom is 0.259 e. The van der Waals surface area contributed by atoms with Gasteiger partial charge in [-0.05, 0) is 50.5 Å². The van der Waals surface area contributed by atoms with Crippen molar-refractivity contribution in [1.82, 2.24) is 19.7 Å². The number of amides is 1. The Morgan fingerprint density at radius 2 is 2.00 bits per heavy atom. The number of nitrogens with one attached hydrogen (secondary N) is 1. The van der Waals surface area contributed by atoms with Crippen molar-refractivity contribution < 1.29 is 4.79 Å². The van der Waals surface area contributed by atoms with Crippen molar-refractivity contribution in [2.75, 3.05) is 26.0 Å². The van der Waals surface area contributed by atoms with E-state index in [4.69, 9.17) is 0 Å². The van der Waals surface area contributed by atoms with E-state index in [2.05, 4.69) is 36.2 Å². The monoisotopic (exact) mass is 445 g/mol. The molecule has 1 amide bonds. The van der Waals surface area contributed by atoms with E-state index in [0.29, 0.717) is 16.4 Å². The number of pyridine rings is 1. The van der Waals surface area contributed by atoms with Crippen LogP contribution in [-0.2, 0) is 6.54 Å². The number of nitrogens with zero attached hydrogens (tertiary/aromatic N) is 4. The van der Waals surface area contributed by atoms with Crippen molar-refractivity contribution in [2.24, 2.45) is 0 Å². The minimum absolute atomic E-state index is 0.222. The molecule has 3 aromatic rings. The van der Waals surface area contributed by atoms with Crippen LogP contribution in [0.15, 0.2) is 69.3 Å². The quantitative estimate of drug-likeness (QED) is 0.595. The number of aromatic nitrogens is 3. The summed E-state index contributed by atoms with van der Waals surface area (Å²) in [4.78, 5) is 20.2. The Kier molecular flexibility index (Phi) is 6.65. The van der Waals surface area contributed by atoms with Crippen LogP contribution in [0.2, 0.25) is 0 Å². The van der Waals surface area contributed by atoms with E-state index in [1.807, 2.05) is 49.2 Å². The number of benzene rings is 1. The lowest BCUT2D eigenvalue weighted by atomic mass is 10.2. The molecule has 0 aliphatic rings. The Hall–Kier alpha value is -2.16. The first kappa shape index (κ1) is 19.6. The molecule has 1 aromatic carbocycles. The SMILES string of the molecule is CN(C)CCn1ccc(NC(=O)c2cccnc2Sc2ccc(Br)cc2)n1. The predicted molar refractivity (Wildman–Crippen MR) is 111 cm³/mol. The van der Waals surface area contributed by atoms with Crippen molar-refractivity contribution >= 4 is 39.4 Å². The lowest BCUT2D eigenvalue weighted by Gasteiger charge is -2.09. The molecule has 0 aliphatic heterocycles. The highest BCUT2D eigenvalue weighted by molar-refractivity contribution is 9.10. The van der Waals surface area contributed by atoms with Crippen molar-refractivity contribution in [3.63, 3.8) is 0 Å². The average Bonchev–Trinajstić information content (AvgIpc) is 3.09. The van der Waals surface area contributed by atoms with Gasteiger partial charge < -0.3 is 10.2 Å². The second-order valence-electron chi connectivity index (χ2n) is 6.13. The van der Waals surface area contributed by atoms with E-state index in [-0.39, 0.29) is 5.91 Å². The second-order valence-corrected chi connectivity index (χ2v) is 8.11. The number of carbonyl (C=O) groups excluding carboxylic acids is 1. The molecule has 6 nitrogen and oxygen atoms in total. The summed E-state index contributed by atoms with van der Waals surface area (Å²) < 4.78 is 2.83. The molecule has 2 heterocycles. The molecule has 3 rings (SSSR count). The van der Waals surface area contributed by atoms with Gasteiger partial charge in [0.2, 0.25) is 0 Å². The van der Waals surface area contributed by atoms with Gasteiger partial charge in [-0.15, -0.1) is 0 Å². The van der Waals surface area contributed by atoms with Crippen molar-refractivity contribution in [2.45, 2.75) is 16.5 Å². The van der Waals surface area contributed by atoms with Crippen LogP contribution in [0.5, 0.6) is 0 Å². The predicted octanol–water partition coefficient (Wildman–Crippen LogP) is 4.01. The van der Waals surface area contributed by atoms with Crippen LogP contribution >= 0.6 is 27.7 Å². The molecule has 2 aromatic heterocycles. The topological polar surface area (TPSA) is 63.0 Å². The van der Waals surface area contributed by atoms with E-state index in [0.717, 1.165) is 22.5 Å². The van der Waals surface area contributed by atoms with E-state index in [1.54, 1.807) is 24.4 Å². The van der Waals surface area contributed by atoms with Crippen LogP contribution in [0.4, 0.5) is 5.82 Å². The van der Waals surface area contributed by atoms with Crippen LogP contribution < -0.4 is 5.32 Å². The summed E-state index contributed by atoms with van der Waals surface area (Å²) in [5.74, 6) is 0.308. The van der Waals surface area contributed by atoms with Gasteiger partial charge in [0.25, 0.3) is 5.91 Å². The summed E-state index contributed by atoms with van der Waals surface area (Å²) in [5, 5.41) is 7.91. The van der Waals surface area contributed by atoms with Gasteiger partial charge in [-0.2, -0.15) is 5.10 Å². The third-order valence-corrected chi connectivity index (χ3v) is 5.26. The Labute approximate surface area is 171 Å². The summed E-state index contributed by atoms with van der Waals surface area (Å²) in [6, 6.07) is 13.2.